The molecule has 0 atom stereocenters. The van der Waals surface area contributed by atoms with Gasteiger partial charge in [0.15, 0.2) is 9.84 Å². The van der Waals surface area contributed by atoms with Crippen molar-refractivity contribution >= 4 is 27.4 Å². The molecule has 0 bridgehead atoms. The van der Waals surface area contributed by atoms with Crippen molar-refractivity contribution in [1.29, 1.82) is 0 Å². The number of amides is 1. The van der Waals surface area contributed by atoms with Crippen LogP contribution < -0.4 is 5.32 Å². The Kier molecular flexibility index (Phi) is 5.69. The van der Waals surface area contributed by atoms with E-state index in [9.17, 15) is 18.0 Å². The average Bonchev–Trinajstić information content (AvgIpc) is 2.26. The Morgan fingerprint density at radius 2 is 2.00 bits per heavy atom. The summed E-state index contributed by atoms with van der Waals surface area (Å²) in [4.78, 5) is 21.9. The fourth-order valence-corrected chi connectivity index (χ4v) is 2.84. The molecule has 20 heavy (non-hydrogen) atoms. The third-order valence-electron chi connectivity index (χ3n) is 2.50. The van der Waals surface area contributed by atoms with Crippen molar-refractivity contribution in [3.8, 4) is 0 Å². The summed E-state index contributed by atoms with van der Waals surface area (Å²) in [5.74, 6) is -2.61. The van der Waals surface area contributed by atoms with Crippen molar-refractivity contribution in [2.45, 2.75) is 19.8 Å². The number of aryl methyl sites for hydroxylation is 1. The number of carbonyl (C=O) groups is 2. The summed E-state index contributed by atoms with van der Waals surface area (Å²) in [5, 5.41) is 10.9. The molecule has 0 aliphatic rings. The maximum absolute atomic E-state index is 11.6. The highest BCUT2D eigenvalue weighted by Gasteiger charge is 2.17. The molecule has 0 heterocycles. The molecule has 0 saturated heterocycles. The van der Waals surface area contributed by atoms with Crippen molar-refractivity contribution in [2.75, 3.05) is 16.8 Å². The molecule has 0 spiro atoms. The second-order valence-electron chi connectivity index (χ2n) is 4.51. The predicted molar refractivity (Wildman–Crippen MR) is 75.3 cm³/mol. The van der Waals surface area contributed by atoms with Gasteiger partial charge >= 0.3 is 5.97 Å². The Morgan fingerprint density at radius 1 is 1.30 bits per heavy atom. The zero-order valence-corrected chi connectivity index (χ0v) is 11.9. The molecule has 0 aromatic heterocycles. The predicted octanol–water partition coefficient (Wildman–Crippen LogP) is 1.21. The van der Waals surface area contributed by atoms with Crippen molar-refractivity contribution in [1.82, 2.24) is 0 Å². The Labute approximate surface area is 117 Å². The Balaban J connectivity index is 2.50. The minimum atomic E-state index is -3.58. The van der Waals surface area contributed by atoms with Gasteiger partial charge in [-0.05, 0) is 31.0 Å². The number of hydrogen-bond donors (Lipinski definition) is 2. The van der Waals surface area contributed by atoms with Crippen LogP contribution in [0.2, 0.25) is 0 Å². The quantitative estimate of drug-likeness (QED) is 0.788. The minimum Gasteiger partial charge on any atom is -0.481 e. The number of carboxylic acids is 1. The average molecular weight is 299 g/mol. The zero-order chi connectivity index (χ0) is 15.2. The van der Waals surface area contributed by atoms with Gasteiger partial charge < -0.3 is 10.4 Å². The number of aliphatic carboxylic acids is 1. The van der Waals surface area contributed by atoms with Crippen LogP contribution >= 0.6 is 0 Å². The molecule has 0 aliphatic heterocycles. The lowest BCUT2D eigenvalue weighted by Crippen LogP contribution is -2.25. The van der Waals surface area contributed by atoms with Crippen molar-refractivity contribution in [3.05, 3.63) is 29.8 Å². The zero-order valence-electron chi connectivity index (χ0n) is 11.1. The van der Waals surface area contributed by atoms with Gasteiger partial charge in [0.25, 0.3) is 0 Å². The second kappa shape index (κ2) is 7.04. The third kappa shape index (κ3) is 6.33. The van der Waals surface area contributed by atoms with Gasteiger partial charge in [0.2, 0.25) is 5.91 Å². The summed E-state index contributed by atoms with van der Waals surface area (Å²) >= 11 is 0. The molecule has 1 aromatic carbocycles. The second-order valence-corrected chi connectivity index (χ2v) is 6.69. The molecule has 6 nitrogen and oxygen atoms in total. The normalized spacial score (nSPS) is 11.1. The van der Waals surface area contributed by atoms with Gasteiger partial charge in [-0.3, -0.25) is 9.59 Å². The molecule has 0 aliphatic carbocycles. The number of nitrogens with one attached hydrogen (secondary N) is 1. The van der Waals surface area contributed by atoms with Crippen LogP contribution in [0.15, 0.2) is 24.3 Å². The van der Waals surface area contributed by atoms with E-state index in [-0.39, 0.29) is 18.6 Å². The summed E-state index contributed by atoms with van der Waals surface area (Å²) in [6.45, 7) is 1.86. The molecule has 0 radical (unpaired) electrons. The summed E-state index contributed by atoms with van der Waals surface area (Å²) in [6.07, 6.45) is -0.214. The number of rotatable bonds is 7. The van der Waals surface area contributed by atoms with Crippen LogP contribution in [-0.4, -0.2) is 36.9 Å². The van der Waals surface area contributed by atoms with Gasteiger partial charge in [-0.2, -0.15) is 0 Å². The van der Waals surface area contributed by atoms with Crippen LogP contribution in [0.3, 0.4) is 0 Å². The van der Waals surface area contributed by atoms with Crippen LogP contribution in [-0.2, 0) is 19.4 Å². The molecule has 1 aromatic rings. The Hall–Kier alpha value is -1.89. The largest absolute Gasteiger partial charge is 0.481 e. The fourth-order valence-electron chi connectivity index (χ4n) is 1.64. The number of anilines is 1. The molecular formula is C13H17NO5S. The van der Waals surface area contributed by atoms with Crippen LogP contribution in [0.25, 0.3) is 0 Å². The van der Waals surface area contributed by atoms with Gasteiger partial charge in [-0.25, -0.2) is 8.42 Å². The van der Waals surface area contributed by atoms with E-state index >= 15 is 0 Å². The van der Waals surface area contributed by atoms with Crippen molar-refractivity contribution < 1.29 is 23.1 Å². The maximum Gasteiger partial charge on any atom is 0.303 e. The van der Waals surface area contributed by atoms with Gasteiger partial charge in [-0.15, -0.1) is 0 Å². The van der Waals surface area contributed by atoms with E-state index in [0.29, 0.717) is 5.69 Å². The first-order valence-electron chi connectivity index (χ1n) is 6.07. The summed E-state index contributed by atoms with van der Waals surface area (Å²) in [6, 6.07) is 7.02. The summed E-state index contributed by atoms with van der Waals surface area (Å²) in [7, 11) is -3.58. The molecule has 0 fully saturated rings. The summed E-state index contributed by atoms with van der Waals surface area (Å²) < 4.78 is 23.3. The Bertz CT molecular complexity index is 595. The highest BCUT2D eigenvalue weighted by Crippen LogP contribution is 2.09. The lowest BCUT2D eigenvalue weighted by Gasteiger charge is -2.06. The van der Waals surface area contributed by atoms with Gasteiger partial charge in [0, 0.05) is 12.1 Å². The van der Waals surface area contributed by atoms with E-state index < -0.39 is 27.5 Å². The number of benzene rings is 1. The number of carboxylic acid groups (broad SMARTS) is 1. The van der Waals surface area contributed by atoms with E-state index in [1.807, 2.05) is 13.0 Å². The molecule has 1 amide bonds. The van der Waals surface area contributed by atoms with Crippen LogP contribution in [0, 0.1) is 6.92 Å². The molecule has 1 rings (SSSR count). The highest BCUT2D eigenvalue weighted by molar-refractivity contribution is 7.92. The monoisotopic (exact) mass is 299 g/mol. The van der Waals surface area contributed by atoms with E-state index in [4.69, 9.17) is 5.11 Å². The van der Waals surface area contributed by atoms with E-state index in [1.54, 1.807) is 18.2 Å². The first kappa shape index (κ1) is 16.2. The highest BCUT2D eigenvalue weighted by atomic mass is 32.2. The standard InChI is InChI=1S/C13H17NO5S/c1-10-4-2-5-11(8-10)14-12(15)9-20(18,19)7-3-6-13(16)17/h2,4-5,8H,3,6-7,9H2,1H3,(H,14,15)(H,16,17). The topological polar surface area (TPSA) is 101 Å². The van der Waals surface area contributed by atoms with E-state index in [0.717, 1.165) is 5.56 Å². The number of sulfone groups is 1. The van der Waals surface area contributed by atoms with Crippen molar-refractivity contribution in [2.24, 2.45) is 0 Å². The molecule has 0 unspecified atom stereocenters. The van der Waals surface area contributed by atoms with Gasteiger partial charge in [0.05, 0.1) is 5.75 Å². The molecule has 0 saturated carbocycles. The molecule has 7 heteroatoms. The van der Waals surface area contributed by atoms with Crippen LogP contribution in [0.5, 0.6) is 0 Å². The van der Waals surface area contributed by atoms with E-state index in [1.165, 1.54) is 0 Å². The summed E-state index contributed by atoms with van der Waals surface area (Å²) in [5.41, 5.74) is 1.49. The lowest BCUT2D eigenvalue weighted by molar-refractivity contribution is -0.137. The number of hydrogen-bond acceptors (Lipinski definition) is 4. The molecule has 2 N–H and O–H groups in total. The molecular weight excluding hydrogens is 282 g/mol. The Morgan fingerprint density at radius 3 is 2.60 bits per heavy atom. The van der Waals surface area contributed by atoms with Crippen molar-refractivity contribution in [3.63, 3.8) is 0 Å². The lowest BCUT2D eigenvalue weighted by atomic mass is 10.2. The van der Waals surface area contributed by atoms with E-state index in [2.05, 4.69) is 5.32 Å². The first-order valence-corrected chi connectivity index (χ1v) is 7.89. The third-order valence-corrected chi connectivity index (χ3v) is 4.11. The first-order chi connectivity index (χ1) is 9.28. The van der Waals surface area contributed by atoms with Gasteiger partial charge in [0.1, 0.15) is 5.75 Å². The maximum atomic E-state index is 11.6. The smallest absolute Gasteiger partial charge is 0.303 e. The fraction of sp³-hybridized carbons (Fsp3) is 0.385. The SMILES string of the molecule is Cc1cccc(NC(=O)CS(=O)(=O)CCCC(=O)O)c1. The number of carbonyl (C=O) groups excluding carboxylic acids is 1. The van der Waals surface area contributed by atoms with Crippen LogP contribution in [0.1, 0.15) is 18.4 Å². The molecule has 110 valence electrons. The van der Waals surface area contributed by atoms with Gasteiger partial charge in [-0.1, -0.05) is 12.1 Å². The van der Waals surface area contributed by atoms with Crippen LogP contribution in [0.4, 0.5) is 5.69 Å². The minimum absolute atomic E-state index is 0.00932.